The third-order valence-corrected chi connectivity index (χ3v) is 7.67. The van der Waals surface area contributed by atoms with Gasteiger partial charge in [0, 0.05) is 42.0 Å². The highest BCUT2D eigenvalue weighted by Crippen LogP contribution is 2.19. The predicted octanol–water partition coefficient (Wildman–Crippen LogP) is 8.21. The van der Waals surface area contributed by atoms with Crippen LogP contribution in [0.1, 0.15) is 90.1 Å². The van der Waals surface area contributed by atoms with E-state index in [4.69, 9.17) is 16.3 Å². The highest BCUT2D eigenvalue weighted by Gasteiger charge is 2.17. The summed E-state index contributed by atoms with van der Waals surface area (Å²) in [4.78, 5) is 58.0. The molecule has 0 saturated carbocycles. The maximum Gasteiger partial charge on any atom is 0.338 e. The van der Waals surface area contributed by atoms with Crippen LogP contribution < -0.4 is 0 Å². The lowest BCUT2D eigenvalue weighted by atomic mass is 9.96. The number of Topliss-reactive ketones (excluding diaryl/α,β-unsaturated/α-hetero) is 3. The highest BCUT2D eigenvalue weighted by molar-refractivity contribution is 6.30. The van der Waals surface area contributed by atoms with E-state index in [0.717, 1.165) is 16.7 Å². The molecule has 0 aliphatic heterocycles. The molecule has 0 aliphatic rings. The highest BCUT2D eigenvalue weighted by atomic mass is 35.5. The van der Waals surface area contributed by atoms with Crippen LogP contribution in [-0.2, 0) is 43.1 Å². The van der Waals surface area contributed by atoms with E-state index in [9.17, 15) is 24.0 Å². The zero-order valence-electron chi connectivity index (χ0n) is 29.4. The Balaban J connectivity index is 0.000000356. The van der Waals surface area contributed by atoms with Gasteiger partial charge in [0.25, 0.3) is 0 Å². The van der Waals surface area contributed by atoms with Crippen molar-refractivity contribution in [2.75, 3.05) is 14.2 Å². The van der Waals surface area contributed by atoms with Gasteiger partial charge in [-0.25, -0.2) is 9.59 Å². The Labute approximate surface area is 285 Å². The van der Waals surface area contributed by atoms with E-state index in [1.165, 1.54) is 19.8 Å². The standard InChI is InChI=1S/C14H18O3.C13H15ClO3.C12H16O/c1-9(2)13(15)8-11-6-5-10(3)7-12(11)14(16)17-4;1-8(2)12(15)7-9-6-10(14)4-5-11(9)13(16)17-3;1-9(2)12(13)8-11-7-5-4-6-10(11)3/h5-7,9H,8H2,1-4H3;4-6,8H,7H2,1-3H3;4-7,9H,8H2,1-3H3. The second-order valence-electron chi connectivity index (χ2n) is 12.3. The summed E-state index contributed by atoms with van der Waals surface area (Å²) < 4.78 is 9.39. The van der Waals surface area contributed by atoms with Gasteiger partial charge in [0.05, 0.1) is 25.3 Å². The molecule has 0 spiro atoms. The number of carbonyl (C=O) groups excluding carboxylic acids is 5. The number of methoxy groups -OCH3 is 2. The molecule has 0 N–H and O–H groups in total. The molecule has 0 aliphatic carbocycles. The Bertz CT molecular complexity index is 1540. The molecule has 254 valence electrons. The van der Waals surface area contributed by atoms with Gasteiger partial charge in [-0.15, -0.1) is 0 Å². The number of ether oxygens (including phenoxy) is 2. The number of esters is 2. The third kappa shape index (κ3) is 14.1. The van der Waals surface area contributed by atoms with E-state index >= 15 is 0 Å². The number of hydrogen-bond donors (Lipinski definition) is 0. The molecule has 7 nitrogen and oxygen atoms in total. The smallest absolute Gasteiger partial charge is 0.338 e. The molecule has 3 aromatic rings. The van der Waals surface area contributed by atoms with Gasteiger partial charge in [-0.3, -0.25) is 14.4 Å². The van der Waals surface area contributed by atoms with Crippen molar-refractivity contribution in [3.8, 4) is 0 Å². The number of rotatable bonds is 11. The first-order chi connectivity index (χ1) is 22.0. The Morgan fingerprint density at radius 2 is 1.04 bits per heavy atom. The van der Waals surface area contributed by atoms with Crippen LogP contribution >= 0.6 is 11.6 Å². The fourth-order valence-electron chi connectivity index (χ4n) is 4.15. The molecule has 0 radical (unpaired) electrons. The number of ketones is 3. The minimum atomic E-state index is -0.451. The van der Waals surface area contributed by atoms with E-state index in [-0.39, 0.29) is 48.1 Å². The van der Waals surface area contributed by atoms with Crippen molar-refractivity contribution in [1.29, 1.82) is 0 Å². The van der Waals surface area contributed by atoms with Gasteiger partial charge in [-0.05, 0) is 60.4 Å². The summed E-state index contributed by atoms with van der Waals surface area (Å²) in [5.41, 5.74) is 5.57. The maximum atomic E-state index is 11.7. The number of hydrogen-bond acceptors (Lipinski definition) is 7. The second kappa shape index (κ2) is 20.2. The summed E-state index contributed by atoms with van der Waals surface area (Å²) in [5, 5.41) is 0.504. The predicted molar refractivity (Wildman–Crippen MR) is 187 cm³/mol. The fraction of sp³-hybridized carbons (Fsp3) is 0.410. The molecule has 0 aromatic heterocycles. The minimum Gasteiger partial charge on any atom is -0.465 e. The third-order valence-electron chi connectivity index (χ3n) is 7.43. The molecule has 0 atom stereocenters. The zero-order chi connectivity index (χ0) is 35.8. The zero-order valence-corrected chi connectivity index (χ0v) is 30.1. The quantitative estimate of drug-likeness (QED) is 0.190. The van der Waals surface area contributed by atoms with E-state index in [1.807, 2.05) is 91.8 Å². The Hall–Kier alpha value is -4.10. The van der Waals surface area contributed by atoms with Crippen LogP contribution in [0.15, 0.2) is 60.7 Å². The molecule has 0 saturated heterocycles. The second-order valence-corrected chi connectivity index (χ2v) is 12.7. The van der Waals surface area contributed by atoms with Crippen molar-refractivity contribution < 1.29 is 33.4 Å². The molecule has 0 unspecified atom stereocenters. The van der Waals surface area contributed by atoms with Crippen molar-refractivity contribution in [1.82, 2.24) is 0 Å². The fourth-order valence-corrected chi connectivity index (χ4v) is 4.34. The van der Waals surface area contributed by atoms with Gasteiger partial charge >= 0.3 is 11.9 Å². The number of aryl methyl sites for hydroxylation is 2. The number of halogens is 1. The summed E-state index contributed by atoms with van der Waals surface area (Å²) >= 11 is 5.86. The molecular formula is C39H49ClO7. The lowest BCUT2D eigenvalue weighted by molar-refractivity contribution is -0.122. The van der Waals surface area contributed by atoms with E-state index in [0.29, 0.717) is 33.9 Å². The SMILES string of the molecule is COC(=O)c1cc(C)ccc1CC(=O)C(C)C.COC(=O)c1ccc(Cl)cc1CC(=O)C(C)C.Cc1ccccc1CC(=O)C(C)C. The van der Waals surface area contributed by atoms with Crippen LogP contribution in [0.4, 0.5) is 0 Å². The molecule has 0 fully saturated rings. The van der Waals surface area contributed by atoms with Crippen LogP contribution in [0, 0.1) is 31.6 Å². The van der Waals surface area contributed by atoms with Gasteiger partial charge in [0.15, 0.2) is 0 Å². The van der Waals surface area contributed by atoms with Crippen molar-refractivity contribution in [2.45, 2.75) is 74.7 Å². The lowest BCUT2D eigenvalue weighted by Gasteiger charge is -2.09. The Morgan fingerprint density at radius 1 is 0.574 bits per heavy atom. The van der Waals surface area contributed by atoms with E-state index in [2.05, 4.69) is 4.74 Å². The van der Waals surface area contributed by atoms with Crippen molar-refractivity contribution in [3.05, 3.63) is 105 Å². The van der Waals surface area contributed by atoms with Crippen molar-refractivity contribution in [3.63, 3.8) is 0 Å². The molecular weight excluding hydrogens is 616 g/mol. The monoisotopic (exact) mass is 664 g/mol. The van der Waals surface area contributed by atoms with Gasteiger partial charge < -0.3 is 9.47 Å². The average molecular weight is 665 g/mol. The largest absolute Gasteiger partial charge is 0.465 e. The van der Waals surface area contributed by atoms with Crippen LogP contribution in [0.5, 0.6) is 0 Å². The number of benzene rings is 3. The summed E-state index contributed by atoms with van der Waals surface area (Å²) in [6.07, 6.45) is 1.05. The maximum absolute atomic E-state index is 11.7. The summed E-state index contributed by atoms with van der Waals surface area (Å²) in [6.45, 7) is 15.2. The first kappa shape index (κ1) is 40.9. The molecule has 0 bridgehead atoms. The van der Waals surface area contributed by atoms with Crippen molar-refractivity contribution in [2.24, 2.45) is 17.8 Å². The first-order valence-corrected chi connectivity index (χ1v) is 16.1. The Morgan fingerprint density at radius 3 is 1.53 bits per heavy atom. The molecule has 47 heavy (non-hydrogen) atoms. The first-order valence-electron chi connectivity index (χ1n) is 15.7. The average Bonchev–Trinajstić information content (AvgIpc) is 3.02. The Kier molecular flexibility index (Phi) is 17.6. The summed E-state index contributed by atoms with van der Waals surface area (Å²) in [7, 11) is 2.66. The van der Waals surface area contributed by atoms with E-state index in [1.54, 1.807) is 24.3 Å². The normalized spacial score (nSPS) is 10.4. The summed E-state index contributed by atoms with van der Waals surface area (Å²) in [6, 6.07) is 18.3. The summed E-state index contributed by atoms with van der Waals surface area (Å²) in [5.74, 6) is -0.292. The molecule has 0 heterocycles. The number of carbonyl (C=O) groups is 5. The van der Waals surface area contributed by atoms with Crippen LogP contribution in [0.2, 0.25) is 5.02 Å². The molecule has 3 rings (SSSR count). The van der Waals surface area contributed by atoms with Crippen molar-refractivity contribution >= 4 is 40.9 Å². The topological polar surface area (TPSA) is 104 Å². The van der Waals surface area contributed by atoms with Gasteiger partial charge in [0.2, 0.25) is 0 Å². The van der Waals surface area contributed by atoms with Gasteiger partial charge in [0.1, 0.15) is 17.3 Å². The molecule has 0 amide bonds. The van der Waals surface area contributed by atoms with E-state index < -0.39 is 5.97 Å². The van der Waals surface area contributed by atoms with Gasteiger partial charge in [-0.2, -0.15) is 0 Å². The molecule has 3 aromatic carbocycles. The lowest BCUT2D eigenvalue weighted by Crippen LogP contribution is -2.14. The van der Waals surface area contributed by atoms with Crippen LogP contribution in [0.3, 0.4) is 0 Å². The molecule has 8 heteroatoms. The minimum absolute atomic E-state index is 0.0261. The van der Waals surface area contributed by atoms with Gasteiger partial charge in [-0.1, -0.05) is 95.1 Å². The van der Waals surface area contributed by atoms with Crippen LogP contribution in [-0.4, -0.2) is 43.5 Å². The van der Waals surface area contributed by atoms with Crippen LogP contribution in [0.25, 0.3) is 0 Å².